The van der Waals surface area contributed by atoms with Crippen LogP contribution in [0.4, 0.5) is 0 Å². The second-order valence-corrected chi connectivity index (χ2v) is 11.2. The minimum Gasteiger partial charge on any atom is -0.497 e. The first-order valence-corrected chi connectivity index (χ1v) is 14.8. The summed E-state index contributed by atoms with van der Waals surface area (Å²) in [4.78, 5) is 32.5. The molecule has 1 atom stereocenters. The van der Waals surface area contributed by atoms with Crippen LogP contribution in [0.1, 0.15) is 31.0 Å². The van der Waals surface area contributed by atoms with E-state index in [2.05, 4.69) is 4.99 Å². The van der Waals surface area contributed by atoms with Crippen molar-refractivity contribution in [1.82, 2.24) is 14.3 Å². The van der Waals surface area contributed by atoms with E-state index in [9.17, 15) is 9.59 Å². The van der Waals surface area contributed by atoms with Crippen molar-refractivity contribution in [3.05, 3.63) is 132 Å². The van der Waals surface area contributed by atoms with Gasteiger partial charge in [0.15, 0.2) is 4.80 Å². The van der Waals surface area contributed by atoms with Crippen molar-refractivity contribution in [1.29, 1.82) is 0 Å². The molecule has 1 aliphatic rings. The van der Waals surface area contributed by atoms with Gasteiger partial charge in [0.05, 0.1) is 41.2 Å². The quantitative estimate of drug-likeness (QED) is 0.233. The van der Waals surface area contributed by atoms with Crippen LogP contribution in [0.25, 0.3) is 23.0 Å². The topological polar surface area (TPSA) is 87.7 Å². The Morgan fingerprint density at radius 2 is 1.77 bits per heavy atom. The Kier molecular flexibility index (Phi) is 7.84. The summed E-state index contributed by atoms with van der Waals surface area (Å²) in [5.41, 5.74) is 4.48. The average molecular weight is 611 g/mol. The number of esters is 1. The van der Waals surface area contributed by atoms with Crippen LogP contribution in [0.15, 0.2) is 106 Å². The number of fused-ring (bicyclic) bond motifs is 1. The molecule has 0 saturated heterocycles. The van der Waals surface area contributed by atoms with E-state index in [1.165, 1.54) is 11.3 Å². The normalized spacial score (nSPS) is 14.8. The van der Waals surface area contributed by atoms with Gasteiger partial charge in [-0.05, 0) is 61.9 Å². The van der Waals surface area contributed by atoms with Gasteiger partial charge in [0, 0.05) is 22.3 Å². The molecular weight excluding hydrogens is 584 g/mol. The number of aromatic nitrogens is 3. The zero-order chi connectivity index (χ0) is 30.1. The van der Waals surface area contributed by atoms with Crippen molar-refractivity contribution >= 4 is 35.0 Å². The van der Waals surface area contributed by atoms with Crippen LogP contribution < -0.4 is 19.6 Å². The lowest BCUT2D eigenvalue weighted by molar-refractivity contribution is -0.139. The van der Waals surface area contributed by atoms with Gasteiger partial charge in [-0.2, -0.15) is 5.10 Å². The molecule has 0 spiro atoms. The number of hydrogen-bond donors (Lipinski definition) is 0. The smallest absolute Gasteiger partial charge is 0.338 e. The van der Waals surface area contributed by atoms with Crippen LogP contribution in [0, 0.1) is 0 Å². The van der Waals surface area contributed by atoms with Gasteiger partial charge < -0.3 is 9.47 Å². The summed E-state index contributed by atoms with van der Waals surface area (Å²) in [5, 5.41) is 5.49. The van der Waals surface area contributed by atoms with Crippen molar-refractivity contribution in [2.45, 2.75) is 19.9 Å². The maximum absolute atomic E-state index is 14.2. The monoisotopic (exact) mass is 610 g/mol. The number of hydrogen-bond acceptors (Lipinski definition) is 7. The summed E-state index contributed by atoms with van der Waals surface area (Å²) in [6, 6.07) is 23.8. The highest BCUT2D eigenvalue weighted by atomic mass is 35.5. The predicted molar refractivity (Wildman–Crippen MR) is 167 cm³/mol. The molecule has 3 aromatic carbocycles. The molecule has 8 nitrogen and oxygen atoms in total. The van der Waals surface area contributed by atoms with E-state index < -0.39 is 12.0 Å². The third-order valence-corrected chi connectivity index (χ3v) is 8.35. The summed E-state index contributed by atoms with van der Waals surface area (Å²) in [6.07, 6.45) is 3.72. The number of halogens is 1. The highest BCUT2D eigenvalue weighted by Gasteiger charge is 2.33. The number of carbonyl (C=O) groups is 1. The lowest BCUT2D eigenvalue weighted by Crippen LogP contribution is -2.39. The summed E-state index contributed by atoms with van der Waals surface area (Å²) in [5.74, 6) is 0.160. The fraction of sp³-hybridized carbons (Fsp3) is 0.152. The molecule has 43 heavy (non-hydrogen) atoms. The fourth-order valence-electron chi connectivity index (χ4n) is 5.07. The molecule has 0 fully saturated rings. The lowest BCUT2D eigenvalue weighted by Gasteiger charge is -2.24. The van der Waals surface area contributed by atoms with Crippen molar-refractivity contribution in [3.8, 4) is 22.7 Å². The van der Waals surface area contributed by atoms with Crippen LogP contribution in [0.3, 0.4) is 0 Å². The SMILES string of the molecule is CCOC(=O)C1=C(C)N=c2sc(=Cc3cn(-c4ccccc4)nc3-c3ccc(Cl)cc3)c(=O)n2[C@@H]1c1ccc(OC)cc1. The van der Waals surface area contributed by atoms with E-state index in [-0.39, 0.29) is 12.2 Å². The molecular formula is C33H27ClN4O4S. The van der Waals surface area contributed by atoms with E-state index in [1.54, 1.807) is 42.3 Å². The first kappa shape index (κ1) is 28.4. The Morgan fingerprint density at radius 3 is 2.44 bits per heavy atom. The molecule has 1 aliphatic heterocycles. The first-order chi connectivity index (χ1) is 20.9. The number of methoxy groups -OCH3 is 1. The van der Waals surface area contributed by atoms with E-state index in [4.69, 9.17) is 26.2 Å². The molecule has 0 N–H and O–H groups in total. The van der Waals surface area contributed by atoms with Crippen molar-refractivity contribution in [2.75, 3.05) is 13.7 Å². The highest BCUT2D eigenvalue weighted by molar-refractivity contribution is 7.07. The fourth-order valence-corrected chi connectivity index (χ4v) is 6.24. The number of allylic oxidation sites excluding steroid dienone is 1. The molecule has 10 heteroatoms. The molecule has 0 aliphatic carbocycles. The van der Waals surface area contributed by atoms with Gasteiger partial charge in [-0.3, -0.25) is 9.36 Å². The van der Waals surface area contributed by atoms with Gasteiger partial charge >= 0.3 is 5.97 Å². The van der Waals surface area contributed by atoms with Crippen molar-refractivity contribution < 1.29 is 14.3 Å². The molecule has 216 valence electrons. The van der Waals surface area contributed by atoms with Gasteiger partial charge in [-0.1, -0.05) is 65.4 Å². The number of benzene rings is 3. The van der Waals surface area contributed by atoms with Gasteiger partial charge in [0.25, 0.3) is 5.56 Å². The summed E-state index contributed by atoms with van der Waals surface area (Å²) < 4.78 is 14.6. The van der Waals surface area contributed by atoms with E-state index in [1.807, 2.05) is 79.0 Å². The molecule has 6 rings (SSSR count). The summed E-state index contributed by atoms with van der Waals surface area (Å²) in [6.45, 7) is 3.72. The van der Waals surface area contributed by atoms with Crippen LogP contribution in [-0.2, 0) is 9.53 Å². The largest absolute Gasteiger partial charge is 0.497 e. The average Bonchev–Trinajstić information content (AvgIpc) is 3.58. The number of rotatable bonds is 7. The zero-order valence-electron chi connectivity index (χ0n) is 23.7. The number of para-hydroxylation sites is 1. The maximum Gasteiger partial charge on any atom is 0.338 e. The molecule has 0 radical (unpaired) electrons. The Labute approximate surface area is 256 Å². The highest BCUT2D eigenvalue weighted by Crippen LogP contribution is 2.32. The predicted octanol–water partition coefficient (Wildman–Crippen LogP) is 5.31. The summed E-state index contributed by atoms with van der Waals surface area (Å²) >= 11 is 7.43. The van der Waals surface area contributed by atoms with Crippen LogP contribution in [0.5, 0.6) is 5.75 Å². The molecule has 2 aromatic heterocycles. The Bertz CT molecular complexity index is 2030. The minimum atomic E-state index is -0.717. The van der Waals surface area contributed by atoms with Crippen molar-refractivity contribution in [3.63, 3.8) is 0 Å². The number of carbonyl (C=O) groups excluding carboxylic acids is 1. The van der Waals surface area contributed by atoms with Gasteiger partial charge in [-0.25, -0.2) is 14.5 Å². The summed E-state index contributed by atoms with van der Waals surface area (Å²) in [7, 11) is 1.59. The molecule has 0 bridgehead atoms. The van der Waals surface area contributed by atoms with E-state index in [0.717, 1.165) is 22.4 Å². The Balaban J connectivity index is 1.55. The van der Waals surface area contributed by atoms with Gasteiger partial charge in [-0.15, -0.1) is 0 Å². The molecule has 0 saturated carbocycles. The maximum atomic E-state index is 14.2. The number of thiazole rings is 1. The first-order valence-electron chi connectivity index (χ1n) is 13.6. The van der Waals surface area contributed by atoms with E-state index in [0.29, 0.717) is 37.1 Å². The van der Waals surface area contributed by atoms with Gasteiger partial charge in [0.1, 0.15) is 11.4 Å². The Morgan fingerprint density at radius 1 is 1.05 bits per heavy atom. The zero-order valence-corrected chi connectivity index (χ0v) is 25.2. The van der Waals surface area contributed by atoms with Gasteiger partial charge in [0.2, 0.25) is 0 Å². The number of ether oxygens (including phenoxy) is 2. The molecule has 0 amide bonds. The molecule has 3 heterocycles. The van der Waals surface area contributed by atoms with E-state index >= 15 is 0 Å². The van der Waals surface area contributed by atoms with Crippen LogP contribution >= 0.6 is 22.9 Å². The molecule has 0 unspecified atom stereocenters. The Hall–Kier alpha value is -4.73. The van der Waals surface area contributed by atoms with Crippen LogP contribution in [-0.4, -0.2) is 34.0 Å². The lowest BCUT2D eigenvalue weighted by atomic mass is 9.96. The van der Waals surface area contributed by atoms with Crippen LogP contribution in [0.2, 0.25) is 5.02 Å². The minimum absolute atomic E-state index is 0.203. The molecule has 5 aromatic rings. The third-order valence-electron chi connectivity index (χ3n) is 7.12. The third kappa shape index (κ3) is 5.45. The number of nitrogens with zero attached hydrogens (tertiary/aromatic N) is 4. The second kappa shape index (κ2) is 11.9. The standard InChI is InChI=1S/C33H27ClN4O4S/c1-4-42-32(40)28-20(2)35-33-38(30(28)22-12-16-26(41-3)17-13-22)31(39)27(43-33)18-23-19-37(25-8-6-5-7-9-25)36-29(23)21-10-14-24(34)15-11-21/h5-19,30H,4H2,1-3H3/t30-/m1/s1. The van der Waals surface area contributed by atoms with Crippen molar-refractivity contribution in [2.24, 2.45) is 4.99 Å². The second-order valence-electron chi connectivity index (χ2n) is 9.80.